The molecule has 0 spiro atoms. The molecule has 0 radical (unpaired) electrons. The Kier molecular flexibility index (Phi) is 9.37. The van der Waals surface area contributed by atoms with Gasteiger partial charge in [-0.2, -0.15) is 16.8 Å². The number of rotatable bonds is 2. The quantitative estimate of drug-likeness (QED) is 0.351. The van der Waals surface area contributed by atoms with Crippen molar-refractivity contribution in [3.63, 3.8) is 0 Å². The topological polar surface area (TPSA) is 160 Å². The van der Waals surface area contributed by atoms with Crippen LogP contribution in [0.15, 0.2) is 40.1 Å². The number of benzene rings is 2. The molecule has 0 unspecified atom stereocenters. The van der Waals surface area contributed by atoms with Gasteiger partial charge in [0, 0.05) is 11.5 Å². The number of hydrogen-bond acceptors (Lipinski definition) is 5. The maximum Gasteiger partial charge on any atom is 1.00 e. The summed E-state index contributed by atoms with van der Waals surface area (Å²) in [4.78, 5) is -1.03. The van der Waals surface area contributed by atoms with E-state index in [9.17, 15) is 21.9 Å². The molecule has 22 heavy (non-hydrogen) atoms. The zero-order valence-electron chi connectivity index (χ0n) is 11.7. The van der Waals surface area contributed by atoms with E-state index in [0.29, 0.717) is 0 Å². The molecule has 12 heteroatoms. The maximum atomic E-state index is 11.0. The van der Waals surface area contributed by atoms with Gasteiger partial charge in [0.1, 0.15) is 5.75 Å². The molecule has 0 amide bonds. The second-order valence-corrected chi connectivity index (χ2v) is 6.62. The Morgan fingerprint density at radius 2 is 1.23 bits per heavy atom. The van der Waals surface area contributed by atoms with E-state index in [1.54, 1.807) is 0 Å². The summed E-state index contributed by atoms with van der Waals surface area (Å²) in [6.45, 7) is 0. The van der Waals surface area contributed by atoms with Crippen LogP contribution in [0.4, 0.5) is 0 Å². The number of hydrogen-bond donors (Lipinski definition) is 3. The normalized spacial score (nSPS) is 11.0. The fourth-order valence-electron chi connectivity index (χ4n) is 1.61. The van der Waals surface area contributed by atoms with Crippen LogP contribution in [0.1, 0.15) is 0 Å². The van der Waals surface area contributed by atoms with E-state index in [-0.39, 0.29) is 75.4 Å². The van der Waals surface area contributed by atoms with Gasteiger partial charge in [-0.25, -0.2) is 0 Å². The molecule has 110 valence electrons. The molecule has 0 heterocycles. The molecule has 0 aliphatic carbocycles. The van der Waals surface area contributed by atoms with Gasteiger partial charge in [0.25, 0.3) is 20.2 Å². The van der Waals surface area contributed by atoms with Crippen LogP contribution in [-0.4, -0.2) is 36.5 Å². The first-order chi connectivity index (χ1) is 8.59. The summed E-state index contributed by atoms with van der Waals surface area (Å²) < 4.78 is 61.7. The predicted molar refractivity (Wildman–Crippen MR) is 68.9 cm³/mol. The summed E-state index contributed by atoms with van der Waals surface area (Å²) in [5.74, 6) is -0.438. The maximum absolute atomic E-state index is 11.0. The molecule has 2 aromatic carbocycles. The average molecular weight is 368 g/mol. The molecule has 2 aromatic rings. The minimum absolute atomic E-state index is 0. The Morgan fingerprint density at radius 3 is 1.68 bits per heavy atom. The van der Waals surface area contributed by atoms with Gasteiger partial charge in [0.05, 0.1) is 9.79 Å². The Bertz CT molecular complexity index is 872. The van der Waals surface area contributed by atoms with Crippen LogP contribution in [0.25, 0.3) is 10.8 Å². The summed E-state index contributed by atoms with van der Waals surface area (Å²) >= 11 is 0. The first-order valence-electron chi connectivity index (χ1n) is 4.81. The third kappa shape index (κ3) is 5.42. The van der Waals surface area contributed by atoms with Gasteiger partial charge in [0.2, 0.25) is 0 Å². The predicted octanol–water partition coefficient (Wildman–Crippen LogP) is -5.78. The van der Waals surface area contributed by atoms with E-state index < -0.39 is 35.8 Å². The van der Waals surface area contributed by atoms with Crippen molar-refractivity contribution in [2.24, 2.45) is 0 Å². The van der Waals surface area contributed by atoms with Gasteiger partial charge in [-0.15, -0.1) is 0 Å². The number of aromatic hydroxyl groups is 1. The van der Waals surface area contributed by atoms with Gasteiger partial charge in [-0.1, -0.05) is 0 Å². The Labute approximate surface area is 170 Å². The van der Waals surface area contributed by atoms with Crippen molar-refractivity contribution in [2.45, 2.75) is 9.79 Å². The largest absolute Gasteiger partial charge is 1.00 e. The van der Waals surface area contributed by atoms with Gasteiger partial charge in [-0.3, -0.25) is 9.11 Å². The molecule has 0 aliphatic heterocycles. The van der Waals surface area contributed by atoms with Crippen molar-refractivity contribution >= 4 is 31.0 Å². The molecule has 0 fully saturated rings. The summed E-state index contributed by atoms with van der Waals surface area (Å²) in [6, 6.07) is 5.08. The van der Waals surface area contributed by atoms with Crippen molar-refractivity contribution in [3.05, 3.63) is 30.3 Å². The van der Waals surface area contributed by atoms with E-state index in [2.05, 4.69) is 0 Å². The van der Waals surface area contributed by atoms with E-state index in [0.717, 1.165) is 24.3 Å². The van der Waals surface area contributed by atoms with Crippen molar-refractivity contribution in [1.82, 2.24) is 0 Å². The monoisotopic (exact) mass is 368 g/mol. The summed E-state index contributed by atoms with van der Waals surface area (Å²) in [7, 11) is -8.99. The van der Waals surface area contributed by atoms with Crippen LogP contribution in [-0.2, 0) is 20.2 Å². The zero-order chi connectivity index (χ0) is 14.4. The third-order valence-corrected chi connectivity index (χ3v) is 4.15. The molecule has 5 N–H and O–H groups in total. The third-order valence-electron chi connectivity index (χ3n) is 2.47. The molecule has 0 aromatic heterocycles. The molecule has 0 saturated heterocycles. The smallest absolute Gasteiger partial charge is 0.507 e. The molecule has 0 saturated carbocycles. The van der Waals surface area contributed by atoms with Crippen molar-refractivity contribution < 1.29 is 95.6 Å². The van der Waals surface area contributed by atoms with Crippen LogP contribution in [0.3, 0.4) is 0 Å². The van der Waals surface area contributed by atoms with Crippen LogP contribution in [0.5, 0.6) is 5.75 Å². The first-order valence-corrected chi connectivity index (χ1v) is 7.69. The summed E-state index contributed by atoms with van der Waals surface area (Å²) in [5, 5.41) is 9.85. The fraction of sp³-hybridized carbons (Fsp3) is 0. The molecule has 2 rings (SSSR count). The van der Waals surface area contributed by atoms with Gasteiger partial charge in [0.15, 0.2) is 0 Å². The zero-order valence-corrected chi connectivity index (χ0v) is 17.3. The van der Waals surface area contributed by atoms with Crippen molar-refractivity contribution in [1.29, 1.82) is 0 Å². The minimum atomic E-state index is -4.54. The Morgan fingerprint density at radius 1 is 0.773 bits per heavy atom. The van der Waals surface area contributed by atoms with Crippen LogP contribution < -0.4 is 59.1 Å². The van der Waals surface area contributed by atoms with Crippen LogP contribution in [0.2, 0.25) is 0 Å². The fourth-order valence-corrected chi connectivity index (χ4v) is 2.66. The van der Waals surface area contributed by atoms with Crippen LogP contribution >= 0.6 is 0 Å². The molecule has 0 aliphatic rings. The second-order valence-electron chi connectivity index (χ2n) is 3.78. The number of phenols is 1. The first kappa shape index (κ1) is 24.5. The van der Waals surface area contributed by atoms with Gasteiger partial charge in [-0.05, 0) is 29.7 Å². The van der Waals surface area contributed by atoms with E-state index in [1.165, 1.54) is 6.07 Å². The average Bonchev–Trinajstić information content (AvgIpc) is 2.25. The SMILES string of the molecule is O.O=S(=O)(O)c1ccc2c(O)cc(S(=O)(=O)O)cc2c1.[Na+].[Na+]. The Balaban J connectivity index is 0. The number of phenolic OH excluding ortho intramolecular Hbond substituents is 1. The molecular weight excluding hydrogens is 358 g/mol. The van der Waals surface area contributed by atoms with Gasteiger partial charge >= 0.3 is 59.1 Å². The summed E-state index contributed by atoms with van der Waals surface area (Å²) in [5.41, 5.74) is 0. The molecular formula is C10H10Na2O8S2+2. The molecule has 0 atom stereocenters. The van der Waals surface area contributed by atoms with Gasteiger partial charge < -0.3 is 10.6 Å². The van der Waals surface area contributed by atoms with Crippen LogP contribution in [0, 0.1) is 0 Å². The van der Waals surface area contributed by atoms with E-state index in [1.807, 2.05) is 0 Å². The van der Waals surface area contributed by atoms with E-state index in [4.69, 9.17) is 9.11 Å². The van der Waals surface area contributed by atoms with Crippen molar-refractivity contribution in [2.75, 3.05) is 0 Å². The standard InChI is InChI=1S/C10H8O7S2.2Na.H2O/c11-10-5-8(19(15,16)17)4-6-3-7(18(12,13)14)1-2-9(6)10;;;/h1-5,11H,(H,12,13,14)(H,15,16,17);;;1H2/q;2*+1;. The summed E-state index contributed by atoms with van der Waals surface area (Å²) in [6.07, 6.45) is 0. The second kappa shape index (κ2) is 8.40. The minimum Gasteiger partial charge on any atom is -0.507 e. The molecule has 8 nitrogen and oxygen atoms in total. The van der Waals surface area contributed by atoms with Crippen molar-refractivity contribution in [3.8, 4) is 5.75 Å². The molecule has 0 bridgehead atoms. The van der Waals surface area contributed by atoms with E-state index >= 15 is 0 Å². The Hall–Kier alpha value is 0.280. The number of fused-ring (bicyclic) bond motifs is 1.